The van der Waals surface area contributed by atoms with Crippen molar-refractivity contribution in [3.8, 4) is 11.5 Å². The number of halogens is 1. The van der Waals surface area contributed by atoms with Crippen LogP contribution in [0.15, 0.2) is 36.4 Å². The van der Waals surface area contributed by atoms with E-state index in [-0.39, 0.29) is 24.3 Å². The molecule has 0 unspecified atom stereocenters. The Morgan fingerprint density at radius 3 is 2.45 bits per heavy atom. The zero-order valence-corrected chi connectivity index (χ0v) is 18.8. The van der Waals surface area contributed by atoms with Crippen molar-refractivity contribution in [2.75, 3.05) is 44.5 Å². The maximum atomic E-state index is 12.6. The Morgan fingerprint density at radius 1 is 1.06 bits per heavy atom. The third-order valence-corrected chi connectivity index (χ3v) is 5.85. The summed E-state index contributed by atoms with van der Waals surface area (Å²) in [5.74, 6) is 0.983. The molecule has 0 aliphatic carbocycles. The van der Waals surface area contributed by atoms with Gasteiger partial charge >= 0.3 is 0 Å². The standard InChI is InChI=1S/C23H28ClN3O4/c1-15-4-5-17(12-19(15)24)25-23(29)16-8-10-27(11-9-16)14-22(28)26-20-7-6-18(30-2)13-21(20)31-3/h4-7,12-13,16H,8-11,14H2,1-3H3,(H,25,29)(H,26,28). The van der Waals surface area contributed by atoms with Crippen LogP contribution in [0.1, 0.15) is 18.4 Å². The van der Waals surface area contributed by atoms with E-state index in [0.717, 1.165) is 5.56 Å². The lowest BCUT2D eigenvalue weighted by Gasteiger charge is -2.30. The second-order valence-electron chi connectivity index (χ2n) is 7.62. The van der Waals surface area contributed by atoms with Crippen LogP contribution < -0.4 is 20.1 Å². The van der Waals surface area contributed by atoms with E-state index in [4.69, 9.17) is 21.1 Å². The fourth-order valence-electron chi connectivity index (χ4n) is 3.56. The van der Waals surface area contributed by atoms with Crippen molar-refractivity contribution in [3.63, 3.8) is 0 Å². The number of amides is 2. The van der Waals surface area contributed by atoms with E-state index in [1.807, 2.05) is 19.1 Å². The van der Waals surface area contributed by atoms with E-state index < -0.39 is 0 Å². The van der Waals surface area contributed by atoms with Gasteiger partial charge in [-0.25, -0.2) is 0 Å². The van der Waals surface area contributed by atoms with Crippen molar-refractivity contribution < 1.29 is 19.1 Å². The monoisotopic (exact) mass is 445 g/mol. The first-order valence-electron chi connectivity index (χ1n) is 10.2. The van der Waals surface area contributed by atoms with Crippen LogP contribution in [0.3, 0.4) is 0 Å². The summed E-state index contributed by atoms with van der Waals surface area (Å²) in [6.45, 7) is 3.54. The molecule has 1 aliphatic heterocycles. The van der Waals surface area contributed by atoms with Crippen molar-refractivity contribution in [1.29, 1.82) is 0 Å². The summed E-state index contributed by atoms with van der Waals surface area (Å²) < 4.78 is 10.5. The average molecular weight is 446 g/mol. The van der Waals surface area contributed by atoms with Crippen molar-refractivity contribution in [1.82, 2.24) is 4.90 Å². The Balaban J connectivity index is 1.48. The van der Waals surface area contributed by atoms with Gasteiger partial charge in [-0.2, -0.15) is 0 Å². The van der Waals surface area contributed by atoms with Crippen LogP contribution in [-0.4, -0.2) is 50.6 Å². The SMILES string of the molecule is COc1ccc(NC(=O)CN2CCC(C(=O)Nc3ccc(C)c(Cl)c3)CC2)c(OC)c1. The number of benzene rings is 2. The molecule has 2 aromatic carbocycles. The number of aryl methyl sites for hydroxylation is 1. The first-order chi connectivity index (χ1) is 14.9. The predicted molar refractivity (Wildman–Crippen MR) is 122 cm³/mol. The molecule has 0 aromatic heterocycles. The first kappa shape index (κ1) is 22.9. The molecule has 0 spiro atoms. The summed E-state index contributed by atoms with van der Waals surface area (Å²) in [7, 11) is 3.12. The molecular formula is C23H28ClN3O4. The molecule has 2 amide bonds. The number of nitrogens with one attached hydrogen (secondary N) is 2. The van der Waals surface area contributed by atoms with Gasteiger partial charge in [-0.3, -0.25) is 14.5 Å². The number of carbonyl (C=O) groups is 2. The van der Waals surface area contributed by atoms with E-state index in [2.05, 4.69) is 15.5 Å². The molecule has 31 heavy (non-hydrogen) atoms. The molecule has 2 aromatic rings. The molecule has 7 nitrogen and oxygen atoms in total. The second-order valence-corrected chi connectivity index (χ2v) is 8.03. The van der Waals surface area contributed by atoms with Gasteiger partial charge in [-0.15, -0.1) is 0 Å². The maximum Gasteiger partial charge on any atom is 0.238 e. The molecule has 0 radical (unpaired) electrons. The lowest BCUT2D eigenvalue weighted by molar-refractivity contribution is -0.121. The molecule has 0 saturated carbocycles. The van der Waals surface area contributed by atoms with Crippen LogP contribution in [0, 0.1) is 12.8 Å². The Bertz CT molecular complexity index is 942. The number of nitrogens with zero attached hydrogens (tertiary/aromatic N) is 1. The molecular weight excluding hydrogens is 418 g/mol. The zero-order valence-electron chi connectivity index (χ0n) is 18.0. The van der Waals surface area contributed by atoms with Crippen LogP contribution in [0.5, 0.6) is 11.5 Å². The van der Waals surface area contributed by atoms with E-state index >= 15 is 0 Å². The summed E-state index contributed by atoms with van der Waals surface area (Å²) in [6.07, 6.45) is 1.40. The van der Waals surface area contributed by atoms with Crippen LogP contribution >= 0.6 is 11.6 Å². The van der Waals surface area contributed by atoms with E-state index in [1.54, 1.807) is 38.5 Å². The minimum Gasteiger partial charge on any atom is -0.497 e. The Hall–Kier alpha value is -2.77. The Kier molecular flexibility index (Phi) is 7.76. The minimum absolute atomic E-state index is 0.00742. The van der Waals surface area contributed by atoms with Crippen LogP contribution in [0.2, 0.25) is 5.02 Å². The smallest absolute Gasteiger partial charge is 0.238 e. The number of hydrogen-bond acceptors (Lipinski definition) is 5. The van der Waals surface area contributed by atoms with Gasteiger partial charge < -0.3 is 20.1 Å². The molecule has 2 N–H and O–H groups in total. The van der Waals surface area contributed by atoms with E-state index in [9.17, 15) is 9.59 Å². The number of rotatable bonds is 7. The normalized spacial score (nSPS) is 14.7. The van der Waals surface area contributed by atoms with Crippen molar-refractivity contribution in [2.45, 2.75) is 19.8 Å². The third-order valence-electron chi connectivity index (χ3n) is 5.45. The van der Waals surface area contributed by atoms with Crippen molar-refractivity contribution >= 4 is 34.8 Å². The number of methoxy groups -OCH3 is 2. The highest BCUT2D eigenvalue weighted by atomic mass is 35.5. The first-order valence-corrected chi connectivity index (χ1v) is 10.6. The number of likely N-dealkylation sites (tertiary alicyclic amines) is 1. The van der Waals surface area contributed by atoms with Gasteiger partial charge in [0.1, 0.15) is 11.5 Å². The van der Waals surface area contributed by atoms with Crippen LogP contribution in [0.4, 0.5) is 11.4 Å². The summed E-state index contributed by atoms with van der Waals surface area (Å²) in [4.78, 5) is 27.1. The zero-order chi connectivity index (χ0) is 22.4. The highest BCUT2D eigenvalue weighted by molar-refractivity contribution is 6.31. The maximum absolute atomic E-state index is 12.6. The summed E-state index contributed by atoms with van der Waals surface area (Å²) in [6, 6.07) is 10.7. The van der Waals surface area contributed by atoms with Gasteiger partial charge in [0.05, 0.1) is 26.5 Å². The molecule has 0 atom stereocenters. The summed E-state index contributed by atoms with van der Waals surface area (Å²) in [5, 5.41) is 6.46. The fourth-order valence-corrected chi connectivity index (χ4v) is 3.74. The Labute approximate surface area is 187 Å². The van der Waals surface area contributed by atoms with Gasteiger partial charge in [-0.05, 0) is 62.7 Å². The lowest BCUT2D eigenvalue weighted by Crippen LogP contribution is -2.41. The topological polar surface area (TPSA) is 79.9 Å². The number of anilines is 2. The van der Waals surface area contributed by atoms with Crippen molar-refractivity contribution in [2.24, 2.45) is 5.92 Å². The number of carbonyl (C=O) groups excluding carboxylic acids is 2. The van der Waals surface area contributed by atoms with Crippen LogP contribution in [-0.2, 0) is 9.59 Å². The minimum atomic E-state index is -0.124. The van der Waals surface area contributed by atoms with E-state index in [0.29, 0.717) is 53.8 Å². The Morgan fingerprint density at radius 2 is 1.81 bits per heavy atom. The van der Waals surface area contributed by atoms with Gasteiger partial charge in [0.2, 0.25) is 11.8 Å². The molecule has 1 aliphatic rings. The predicted octanol–water partition coefficient (Wildman–Crippen LogP) is 3.95. The van der Waals surface area contributed by atoms with Gasteiger partial charge in [-0.1, -0.05) is 17.7 Å². The average Bonchev–Trinajstić information content (AvgIpc) is 2.77. The quantitative estimate of drug-likeness (QED) is 0.674. The second kappa shape index (κ2) is 10.5. The van der Waals surface area contributed by atoms with Crippen LogP contribution in [0.25, 0.3) is 0 Å². The fraction of sp³-hybridized carbons (Fsp3) is 0.391. The molecule has 1 heterocycles. The third kappa shape index (κ3) is 6.12. The molecule has 0 bridgehead atoms. The lowest BCUT2D eigenvalue weighted by atomic mass is 9.95. The highest BCUT2D eigenvalue weighted by Gasteiger charge is 2.26. The number of hydrogen-bond donors (Lipinski definition) is 2. The van der Waals surface area contributed by atoms with Gasteiger partial charge in [0, 0.05) is 22.7 Å². The largest absolute Gasteiger partial charge is 0.497 e. The number of piperidine rings is 1. The van der Waals surface area contributed by atoms with Crippen molar-refractivity contribution in [3.05, 3.63) is 47.0 Å². The van der Waals surface area contributed by atoms with Gasteiger partial charge in [0.15, 0.2) is 0 Å². The van der Waals surface area contributed by atoms with E-state index in [1.165, 1.54) is 0 Å². The summed E-state index contributed by atoms with van der Waals surface area (Å²) >= 11 is 6.13. The highest BCUT2D eigenvalue weighted by Crippen LogP contribution is 2.29. The molecule has 1 fully saturated rings. The van der Waals surface area contributed by atoms with Gasteiger partial charge in [0.25, 0.3) is 0 Å². The number of ether oxygens (including phenoxy) is 2. The molecule has 3 rings (SSSR count). The molecule has 1 saturated heterocycles. The molecule has 8 heteroatoms. The summed E-state index contributed by atoms with van der Waals surface area (Å²) in [5.41, 5.74) is 2.27. The molecule has 166 valence electrons.